The van der Waals surface area contributed by atoms with E-state index in [9.17, 15) is 9.59 Å². The Balaban J connectivity index is 2.41. The maximum atomic E-state index is 12.5. The van der Waals surface area contributed by atoms with Crippen LogP contribution in [0.3, 0.4) is 0 Å². The number of aldehydes is 1. The summed E-state index contributed by atoms with van der Waals surface area (Å²) in [6.07, 6.45) is 5.30. The third-order valence-electron chi connectivity index (χ3n) is 3.12. The molecule has 6 nitrogen and oxygen atoms in total. The second kappa shape index (κ2) is 4.73. The molecule has 0 N–H and O–H groups in total. The topological polar surface area (TPSA) is 69.8 Å². The van der Waals surface area contributed by atoms with E-state index in [1.165, 1.54) is 21.5 Å². The van der Waals surface area contributed by atoms with Crippen molar-refractivity contribution in [1.29, 1.82) is 0 Å². The van der Waals surface area contributed by atoms with Gasteiger partial charge >= 0.3 is 5.69 Å². The van der Waals surface area contributed by atoms with Crippen molar-refractivity contribution in [2.45, 2.75) is 13.5 Å². The van der Waals surface area contributed by atoms with Crippen LogP contribution in [-0.4, -0.2) is 25.4 Å². The Hall–Kier alpha value is -2.76. The highest BCUT2D eigenvalue weighted by Crippen LogP contribution is 2.17. The van der Waals surface area contributed by atoms with Crippen molar-refractivity contribution < 1.29 is 4.79 Å². The first-order valence-electron chi connectivity index (χ1n) is 6.14. The summed E-state index contributed by atoms with van der Waals surface area (Å²) in [5, 5.41) is 0. The van der Waals surface area contributed by atoms with Gasteiger partial charge in [0, 0.05) is 12.4 Å². The Kier molecular flexibility index (Phi) is 2.90. The lowest BCUT2D eigenvalue weighted by Gasteiger charge is -2.00. The van der Waals surface area contributed by atoms with Crippen LogP contribution < -0.4 is 5.69 Å². The Morgan fingerprint density at radius 2 is 2.10 bits per heavy atom. The zero-order chi connectivity index (χ0) is 14.1. The van der Waals surface area contributed by atoms with Crippen LogP contribution in [0.4, 0.5) is 0 Å². The van der Waals surface area contributed by atoms with Crippen molar-refractivity contribution in [3.63, 3.8) is 0 Å². The summed E-state index contributed by atoms with van der Waals surface area (Å²) >= 11 is 0. The van der Waals surface area contributed by atoms with Crippen LogP contribution in [0.1, 0.15) is 5.56 Å². The minimum absolute atomic E-state index is 0.0199. The molecular weight excluding hydrogens is 256 g/mol. The Morgan fingerprint density at radius 1 is 1.25 bits per heavy atom. The van der Waals surface area contributed by atoms with E-state index in [4.69, 9.17) is 0 Å². The number of carbonyl (C=O) groups is 1. The molecule has 3 aromatic rings. The minimum atomic E-state index is -0.293. The third kappa shape index (κ3) is 1.82. The van der Waals surface area contributed by atoms with Crippen molar-refractivity contribution in [1.82, 2.24) is 19.1 Å². The van der Waals surface area contributed by atoms with Crippen LogP contribution in [0.2, 0.25) is 0 Å². The van der Waals surface area contributed by atoms with Gasteiger partial charge in [-0.3, -0.25) is 9.55 Å². The van der Waals surface area contributed by atoms with Crippen molar-refractivity contribution in [3.8, 4) is 5.82 Å². The summed E-state index contributed by atoms with van der Waals surface area (Å²) in [5.74, 6) is 0.441. The van der Waals surface area contributed by atoms with Crippen molar-refractivity contribution in [2.24, 2.45) is 0 Å². The summed E-state index contributed by atoms with van der Waals surface area (Å²) in [4.78, 5) is 31.4. The summed E-state index contributed by atoms with van der Waals surface area (Å²) < 4.78 is 2.90. The molecule has 0 radical (unpaired) electrons. The van der Waals surface area contributed by atoms with E-state index in [-0.39, 0.29) is 12.2 Å². The average molecular weight is 268 g/mol. The molecular formula is C14H12N4O2. The monoisotopic (exact) mass is 268 g/mol. The molecule has 20 heavy (non-hydrogen) atoms. The molecule has 0 fully saturated rings. The summed E-state index contributed by atoms with van der Waals surface area (Å²) in [6, 6.07) is 5.65. The number of carbonyl (C=O) groups excluding carboxylic acids is 1. The molecule has 0 aliphatic carbocycles. The quantitative estimate of drug-likeness (QED) is 0.667. The fraction of sp³-hybridized carbons (Fsp3) is 0.143. The van der Waals surface area contributed by atoms with Gasteiger partial charge in [-0.05, 0) is 24.6 Å². The smallest absolute Gasteiger partial charge is 0.301 e. The average Bonchev–Trinajstić information content (AvgIpc) is 2.73. The summed E-state index contributed by atoms with van der Waals surface area (Å²) in [6.45, 7) is 1.96. The summed E-state index contributed by atoms with van der Waals surface area (Å²) in [5.41, 5.74) is 2.15. The highest BCUT2D eigenvalue weighted by atomic mass is 16.2. The molecule has 0 atom stereocenters. The van der Waals surface area contributed by atoms with Gasteiger partial charge in [0.15, 0.2) is 5.82 Å². The number of aromatic nitrogens is 4. The molecule has 0 spiro atoms. The SMILES string of the molecule is Cc1ccc2c(c1)n(CC=O)c(=O)n2-c1cnccn1. The van der Waals surface area contributed by atoms with Gasteiger partial charge in [-0.15, -0.1) is 0 Å². The number of nitrogens with zero attached hydrogens (tertiary/aromatic N) is 4. The number of imidazole rings is 1. The van der Waals surface area contributed by atoms with Crippen LogP contribution in [-0.2, 0) is 11.3 Å². The lowest BCUT2D eigenvalue weighted by molar-refractivity contribution is -0.108. The molecule has 6 heteroatoms. The maximum absolute atomic E-state index is 12.5. The molecule has 0 saturated heterocycles. The van der Waals surface area contributed by atoms with Gasteiger partial charge in [-0.1, -0.05) is 6.07 Å². The summed E-state index contributed by atoms with van der Waals surface area (Å²) in [7, 11) is 0. The number of hydrogen-bond donors (Lipinski definition) is 0. The first kappa shape index (κ1) is 12.3. The van der Waals surface area contributed by atoms with Crippen LogP contribution in [0, 0.1) is 6.92 Å². The molecule has 0 bridgehead atoms. The lowest BCUT2D eigenvalue weighted by atomic mass is 10.2. The first-order chi connectivity index (χ1) is 9.72. The van der Waals surface area contributed by atoms with E-state index in [2.05, 4.69) is 9.97 Å². The molecule has 0 aliphatic rings. The zero-order valence-corrected chi connectivity index (χ0v) is 10.9. The molecule has 0 aliphatic heterocycles. The molecule has 0 amide bonds. The number of aryl methyl sites for hydroxylation is 1. The standard InChI is InChI=1S/C14H12N4O2/c1-10-2-3-11-12(8-10)17(6-7-19)14(20)18(11)13-9-15-4-5-16-13/h2-5,7-9H,6H2,1H3. The molecule has 2 heterocycles. The van der Waals surface area contributed by atoms with E-state index in [0.717, 1.165) is 5.56 Å². The van der Waals surface area contributed by atoms with Crippen LogP contribution in [0.15, 0.2) is 41.6 Å². The number of fused-ring (bicyclic) bond motifs is 1. The molecule has 3 rings (SSSR count). The van der Waals surface area contributed by atoms with Gasteiger partial charge in [-0.25, -0.2) is 14.3 Å². The number of rotatable bonds is 3. The van der Waals surface area contributed by atoms with Crippen molar-refractivity contribution >= 4 is 17.3 Å². The zero-order valence-electron chi connectivity index (χ0n) is 10.9. The Labute approximate surface area is 114 Å². The van der Waals surface area contributed by atoms with E-state index in [1.54, 1.807) is 6.20 Å². The van der Waals surface area contributed by atoms with Crippen LogP contribution in [0.5, 0.6) is 0 Å². The van der Waals surface area contributed by atoms with E-state index in [0.29, 0.717) is 23.1 Å². The van der Waals surface area contributed by atoms with Crippen LogP contribution >= 0.6 is 0 Å². The molecule has 0 unspecified atom stereocenters. The van der Waals surface area contributed by atoms with Crippen LogP contribution in [0.25, 0.3) is 16.9 Å². The van der Waals surface area contributed by atoms with E-state index < -0.39 is 0 Å². The predicted octanol–water partition coefficient (Wildman–Crippen LogP) is 1.09. The highest BCUT2D eigenvalue weighted by molar-refractivity contribution is 5.79. The second-order valence-electron chi connectivity index (χ2n) is 4.45. The van der Waals surface area contributed by atoms with Gasteiger partial charge in [-0.2, -0.15) is 0 Å². The van der Waals surface area contributed by atoms with Gasteiger partial charge in [0.05, 0.1) is 23.8 Å². The Bertz CT molecular complexity index is 833. The maximum Gasteiger partial charge on any atom is 0.335 e. The number of benzene rings is 1. The van der Waals surface area contributed by atoms with Crippen molar-refractivity contribution in [3.05, 3.63) is 52.8 Å². The highest BCUT2D eigenvalue weighted by Gasteiger charge is 2.15. The second-order valence-corrected chi connectivity index (χ2v) is 4.45. The van der Waals surface area contributed by atoms with Gasteiger partial charge in [0.1, 0.15) is 6.29 Å². The van der Waals surface area contributed by atoms with Gasteiger partial charge in [0.2, 0.25) is 0 Å². The molecule has 0 saturated carbocycles. The van der Waals surface area contributed by atoms with Gasteiger partial charge in [0.25, 0.3) is 0 Å². The lowest BCUT2D eigenvalue weighted by Crippen LogP contribution is -2.24. The molecule has 2 aromatic heterocycles. The van der Waals surface area contributed by atoms with Crippen molar-refractivity contribution in [2.75, 3.05) is 0 Å². The molecule has 1 aromatic carbocycles. The predicted molar refractivity (Wildman–Crippen MR) is 73.9 cm³/mol. The minimum Gasteiger partial charge on any atom is -0.301 e. The van der Waals surface area contributed by atoms with Gasteiger partial charge < -0.3 is 4.79 Å². The molecule has 100 valence electrons. The normalized spacial score (nSPS) is 10.8. The largest absolute Gasteiger partial charge is 0.335 e. The number of hydrogen-bond acceptors (Lipinski definition) is 4. The van der Waals surface area contributed by atoms with E-state index >= 15 is 0 Å². The first-order valence-corrected chi connectivity index (χ1v) is 6.14. The third-order valence-corrected chi connectivity index (χ3v) is 3.12. The fourth-order valence-electron chi connectivity index (χ4n) is 2.24. The Morgan fingerprint density at radius 3 is 2.80 bits per heavy atom. The van der Waals surface area contributed by atoms with E-state index in [1.807, 2.05) is 25.1 Å². The fourth-order valence-corrected chi connectivity index (χ4v) is 2.24.